The maximum atomic E-state index is 11.5. The summed E-state index contributed by atoms with van der Waals surface area (Å²) in [6.45, 7) is 0. The Morgan fingerprint density at radius 1 is 1.56 bits per heavy atom. The van der Waals surface area contributed by atoms with E-state index < -0.39 is 0 Å². The highest BCUT2D eigenvalue weighted by Crippen LogP contribution is 2.35. The van der Waals surface area contributed by atoms with Crippen molar-refractivity contribution in [2.45, 2.75) is 4.90 Å². The SMILES string of the molecule is CN1C(=O)CSc2ccc(C(=O)CCl)cc21. The Morgan fingerprint density at radius 2 is 2.31 bits per heavy atom. The third kappa shape index (κ3) is 1.95. The summed E-state index contributed by atoms with van der Waals surface area (Å²) in [7, 11) is 1.72. The Bertz CT molecular complexity index is 461. The molecule has 0 aliphatic carbocycles. The minimum Gasteiger partial charge on any atom is -0.314 e. The van der Waals surface area contributed by atoms with E-state index in [4.69, 9.17) is 11.6 Å². The monoisotopic (exact) mass is 255 g/mol. The average Bonchev–Trinajstić information content (AvgIpc) is 2.32. The number of carbonyl (C=O) groups is 2. The van der Waals surface area contributed by atoms with Gasteiger partial charge in [0.15, 0.2) is 5.78 Å². The molecule has 0 fully saturated rings. The van der Waals surface area contributed by atoms with E-state index in [1.165, 1.54) is 11.8 Å². The summed E-state index contributed by atoms with van der Waals surface area (Å²) < 4.78 is 0. The molecular weight excluding hydrogens is 246 g/mol. The lowest BCUT2D eigenvalue weighted by Crippen LogP contribution is -2.31. The first-order valence-corrected chi connectivity index (χ1v) is 6.28. The molecule has 1 amide bonds. The largest absolute Gasteiger partial charge is 0.314 e. The summed E-state index contributed by atoms with van der Waals surface area (Å²) in [4.78, 5) is 25.5. The normalized spacial score (nSPS) is 14.9. The number of carbonyl (C=O) groups excluding carboxylic acids is 2. The molecule has 0 atom stereocenters. The van der Waals surface area contributed by atoms with Crippen LogP contribution in [0.5, 0.6) is 0 Å². The molecule has 0 unspecified atom stereocenters. The summed E-state index contributed by atoms with van der Waals surface area (Å²) >= 11 is 6.99. The summed E-state index contributed by atoms with van der Waals surface area (Å²) in [5, 5.41) is 0. The number of fused-ring (bicyclic) bond motifs is 1. The van der Waals surface area contributed by atoms with Crippen LogP contribution in [0, 0.1) is 0 Å². The topological polar surface area (TPSA) is 37.4 Å². The Labute approximate surface area is 103 Å². The first-order chi connectivity index (χ1) is 7.63. The molecule has 0 saturated carbocycles. The molecule has 3 nitrogen and oxygen atoms in total. The molecule has 2 rings (SSSR count). The summed E-state index contributed by atoms with van der Waals surface area (Å²) in [5.41, 5.74) is 1.34. The van der Waals surface area contributed by atoms with Crippen molar-refractivity contribution >= 4 is 40.7 Å². The lowest BCUT2D eigenvalue weighted by atomic mass is 10.1. The first kappa shape index (κ1) is 11.5. The Morgan fingerprint density at radius 3 is 3.00 bits per heavy atom. The number of hydrogen-bond acceptors (Lipinski definition) is 3. The number of alkyl halides is 1. The van der Waals surface area contributed by atoms with E-state index in [0.717, 1.165) is 10.6 Å². The zero-order chi connectivity index (χ0) is 11.7. The second-order valence-corrected chi connectivity index (χ2v) is 4.77. The van der Waals surface area contributed by atoms with Gasteiger partial charge in [0, 0.05) is 17.5 Å². The van der Waals surface area contributed by atoms with Gasteiger partial charge in [0.05, 0.1) is 17.3 Å². The minimum absolute atomic E-state index is 0.0381. The van der Waals surface area contributed by atoms with Crippen LogP contribution in [-0.4, -0.2) is 30.4 Å². The molecule has 84 valence electrons. The fourth-order valence-corrected chi connectivity index (χ4v) is 2.66. The van der Waals surface area contributed by atoms with Crippen molar-refractivity contribution in [2.75, 3.05) is 23.6 Å². The van der Waals surface area contributed by atoms with Crippen LogP contribution in [-0.2, 0) is 4.79 Å². The maximum Gasteiger partial charge on any atom is 0.237 e. The third-order valence-electron chi connectivity index (χ3n) is 2.49. The Balaban J connectivity index is 2.44. The number of nitrogens with zero attached hydrogens (tertiary/aromatic N) is 1. The molecule has 1 aromatic rings. The minimum atomic E-state index is -0.124. The predicted molar refractivity (Wildman–Crippen MR) is 65.6 cm³/mol. The van der Waals surface area contributed by atoms with E-state index >= 15 is 0 Å². The highest BCUT2D eigenvalue weighted by Gasteiger charge is 2.22. The van der Waals surface area contributed by atoms with E-state index in [0.29, 0.717) is 11.3 Å². The van der Waals surface area contributed by atoms with E-state index in [1.54, 1.807) is 24.1 Å². The second-order valence-electron chi connectivity index (χ2n) is 3.48. The van der Waals surface area contributed by atoms with Crippen LogP contribution in [0.15, 0.2) is 23.1 Å². The van der Waals surface area contributed by atoms with Crippen molar-refractivity contribution in [2.24, 2.45) is 0 Å². The summed E-state index contributed by atoms with van der Waals surface area (Å²) in [5.74, 6) is 0.337. The van der Waals surface area contributed by atoms with Gasteiger partial charge in [0.1, 0.15) is 0 Å². The molecule has 0 saturated heterocycles. The van der Waals surface area contributed by atoms with Gasteiger partial charge in [-0.15, -0.1) is 23.4 Å². The molecule has 1 heterocycles. The van der Waals surface area contributed by atoms with Crippen LogP contribution < -0.4 is 4.90 Å². The number of benzene rings is 1. The molecule has 1 aliphatic rings. The van der Waals surface area contributed by atoms with Gasteiger partial charge >= 0.3 is 0 Å². The molecule has 0 bridgehead atoms. The molecule has 1 aliphatic heterocycles. The predicted octanol–water partition coefficient (Wildman–Crippen LogP) is 2.18. The van der Waals surface area contributed by atoms with Gasteiger partial charge in [-0.3, -0.25) is 9.59 Å². The van der Waals surface area contributed by atoms with Crippen LogP contribution in [0.3, 0.4) is 0 Å². The van der Waals surface area contributed by atoms with Gasteiger partial charge in [0.25, 0.3) is 0 Å². The zero-order valence-electron chi connectivity index (χ0n) is 8.70. The average molecular weight is 256 g/mol. The van der Waals surface area contributed by atoms with Gasteiger partial charge < -0.3 is 4.90 Å². The molecule has 0 N–H and O–H groups in total. The van der Waals surface area contributed by atoms with Crippen molar-refractivity contribution in [1.82, 2.24) is 0 Å². The highest BCUT2D eigenvalue weighted by molar-refractivity contribution is 8.00. The van der Waals surface area contributed by atoms with Crippen molar-refractivity contribution < 1.29 is 9.59 Å². The molecule has 0 spiro atoms. The maximum absolute atomic E-state index is 11.5. The summed E-state index contributed by atoms with van der Waals surface area (Å²) in [6, 6.07) is 5.34. The molecule has 1 aromatic carbocycles. The molecule has 0 aromatic heterocycles. The van der Waals surface area contributed by atoms with E-state index in [2.05, 4.69) is 0 Å². The van der Waals surface area contributed by atoms with Gasteiger partial charge in [0.2, 0.25) is 5.91 Å². The van der Waals surface area contributed by atoms with Crippen LogP contribution in [0.25, 0.3) is 0 Å². The molecular formula is C11H10ClNO2S. The van der Waals surface area contributed by atoms with E-state index in [9.17, 15) is 9.59 Å². The van der Waals surface area contributed by atoms with Crippen molar-refractivity contribution in [3.8, 4) is 0 Å². The Hall–Kier alpha value is -1.00. The second kappa shape index (κ2) is 4.47. The van der Waals surface area contributed by atoms with Gasteiger partial charge in [-0.1, -0.05) is 6.07 Å². The van der Waals surface area contributed by atoms with Crippen molar-refractivity contribution in [3.63, 3.8) is 0 Å². The van der Waals surface area contributed by atoms with E-state index in [-0.39, 0.29) is 17.6 Å². The fourth-order valence-electron chi connectivity index (χ4n) is 1.52. The van der Waals surface area contributed by atoms with Crippen molar-refractivity contribution in [1.29, 1.82) is 0 Å². The van der Waals surface area contributed by atoms with Crippen LogP contribution >= 0.6 is 23.4 Å². The Kier molecular flexibility index (Phi) is 3.21. The number of hydrogen-bond donors (Lipinski definition) is 0. The number of halogens is 1. The fraction of sp³-hybridized carbons (Fsp3) is 0.273. The first-order valence-electron chi connectivity index (χ1n) is 4.76. The lowest BCUT2D eigenvalue weighted by Gasteiger charge is -2.25. The number of anilines is 1. The van der Waals surface area contributed by atoms with Crippen LogP contribution in [0.1, 0.15) is 10.4 Å². The molecule has 5 heteroatoms. The number of thioether (sulfide) groups is 1. The van der Waals surface area contributed by atoms with Gasteiger partial charge in [-0.2, -0.15) is 0 Å². The smallest absolute Gasteiger partial charge is 0.237 e. The lowest BCUT2D eigenvalue weighted by molar-refractivity contribution is -0.116. The summed E-state index contributed by atoms with van der Waals surface area (Å²) in [6.07, 6.45) is 0. The number of rotatable bonds is 2. The number of amides is 1. The quantitative estimate of drug-likeness (QED) is 0.600. The van der Waals surface area contributed by atoms with Crippen molar-refractivity contribution in [3.05, 3.63) is 23.8 Å². The molecule has 0 radical (unpaired) electrons. The van der Waals surface area contributed by atoms with Gasteiger partial charge in [-0.05, 0) is 12.1 Å². The third-order valence-corrected chi connectivity index (χ3v) is 3.78. The standard InChI is InChI=1S/C11H10ClNO2S/c1-13-8-4-7(9(14)5-12)2-3-10(8)16-6-11(13)15/h2-4H,5-6H2,1H3. The molecule has 16 heavy (non-hydrogen) atoms. The highest BCUT2D eigenvalue weighted by atomic mass is 35.5. The number of ketones is 1. The number of Topliss-reactive ketones (excluding diaryl/α,β-unsaturated/α-hetero) is 1. The van der Waals surface area contributed by atoms with E-state index in [1.807, 2.05) is 6.07 Å². The van der Waals surface area contributed by atoms with Crippen LogP contribution in [0.2, 0.25) is 0 Å². The zero-order valence-corrected chi connectivity index (χ0v) is 10.3. The van der Waals surface area contributed by atoms with Crippen LogP contribution in [0.4, 0.5) is 5.69 Å². The van der Waals surface area contributed by atoms with Gasteiger partial charge in [-0.25, -0.2) is 0 Å².